The minimum atomic E-state index is -3.25. The zero-order chi connectivity index (χ0) is 11.9. The van der Waals surface area contributed by atoms with Crippen molar-refractivity contribution < 1.29 is 45.6 Å². The number of sulfonamides is 1. The maximum atomic E-state index is 10.8. The van der Waals surface area contributed by atoms with Gasteiger partial charge in [-0.25, -0.2) is 13.6 Å². The molecule has 0 aliphatic heterocycles. The Bertz CT molecular complexity index is 363. The number of hydrogen-bond acceptors (Lipinski definition) is 3. The molecule has 2 rings (SSSR count). The Hall–Kier alpha value is 0.748. The molecule has 1 saturated carbocycles. The molecule has 4 nitrogen and oxygen atoms in total. The second-order valence-corrected chi connectivity index (χ2v) is 5.52. The standard InChI is InChI=1S/C6H12NO2S.C5H5N.3ClH.Sb/c7-10(8,9)6-4-2-1-3-5-6;1-2-4-6-5-3-1;;;;/h1,6H,2-5H2,(H2,7,8,9);1-5H;3*1H;/q-1;;;;;+3/p-3. The normalized spacial score (nSPS) is 13.8. The van der Waals surface area contributed by atoms with Crippen molar-refractivity contribution >= 4 is 34.5 Å². The summed E-state index contributed by atoms with van der Waals surface area (Å²) in [6, 6.07) is 5.72. The van der Waals surface area contributed by atoms with Gasteiger partial charge in [-0.05, 0) is 12.1 Å². The van der Waals surface area contributed by atoms with E-state index in [1.807, 2.05) is 18.2 Å². The van der Waals surface area contributed by atoms with Crippen LogP contribution in [0.3, 0.4) is 0 Å². The van der Waals surface area contributed by atoms with Crippen LogP contribution in [-0.4, -0.2) is 43.1 Å². The number of nitrogens with two attached hydrogens (primary N) is 1. The first-order valence-corrected chi connectivity index (χ1v) is 6.90. The predicted octanol–water partition coefficient (Wildman–Crippen LogP) is -7.87. The van der Waals surface area contributed by atoms with Gasteiger partial charge in [0.05, 0.1) is 5.25 Å². The summed E-state index contributed by atoms with van der Waals surface area (Å²) in [4.78, 5) is 3.78. The van der Waals surface area contributed by atoms with Crippen LogP contribution in [0.4, 0.5) is 0 Å². The van der Waals surface area contributed by atoms with Crippen molar-refractivity contribution in [2.75, 3.05) is 0 Å². The Kier molecular flexibility index (Phi) is 23.3. The molecule has 0 spiro atoms. The molecule has 0 aromatic carbocycles. The first-order valence-electron chi connectivity index (χ1n) is 5.29. The molecule has 2 N–H and O–H groups in total. The summed E-state index contributed by atoms with van der Waals surface area (Å²) in [5.41, 5.74) is 0. The summed E-state index contributed by atoms with van der Waals surface area (Å²) in [6.07, 6.45) is 8.81. The molecule has 1 fully saturated rings. The monoisotopic (exact) mass is 467 g/mol. The van der Waals surface area contributed by atoms with Crippen LogP contribution in [0, 0.1) is 6.42 Å². The van der Waals surface area contributed by atoms with E-state index in [4.69, 9.17) is 5.14 Å². The summed E-state index contributed by atoms with van der Waals surface area (Å²) in [6.45, 7) is 0. The Labute approximate surface area is 157 Å². The first kappa shape index (κ1) is 28.8. The molecule has 1 aliphatic rings. The molecular weight excluding hydrogens is 452 g/mol. The Morgan fingerprint density at radius 3 is 1.65 bits per heavy atom. The number of nitrogens with zero attached hydrogens (tertiary/aromatic N) is 1. The fourth-order valence-corrected chi connectivity index (χ4v) is 2.47. The number of hydrogen-bond donors (Lipinski definition) is 1. The molecule has 0 saturated heterocycles. The van der Waals surface area contributed by atoms with E-state index >= 15 is 0 Å². The maximum Gasteiger partial charge on any atom is 3.00 e. The summed E-state index contributed by atoms with van der Waals surface area (Å²) in [7, 11) is -3.25. The average Bonchev–Trinajstić information content (AvgIpc) is 2.32. The fourth-order valence-electron chi connectivity index (χ4n) is 1.54. The van der Waals surface area contributed by atoms with Crippen molar-refractivity contribution in [2.45, 2.75) is 30.9 Å². The SMILES string of the molecule is NS(=O)(=O)C1CC[CH-]CC1.[Cl-].[Cl-].[Cl-].[Sb+3].c1ccncc1. The van der Waals surface area contributed by atoms with Crippen molar-refractivity contribution in [1.82, 2.24) is 4.98 Å². The zero-order valence-electron chi connectivity index (χ0n) is 10.7. The van der Waals surface area contributed by atoms with E-state index < -0.39 is 10.0 Å². The molecular formula is C11H17Cl3N2O2SSb-. The van der Waals surface area contributed by atoms with E-state index in [2.05, 4.69) is 11.4 Å². The average molecular weight is 469 g/mol. The van der Waals surface area contributed by atoms with Gasteiger partial charge in [0.1, 0.15) is 0 Å². The fraction of sp³-hybridized carbons (Fsp3) is 0.455. The van der Waals surface area contributed by atoms with Crippen LogP contribution in [0.2, 0.25) is 0 Å². The zero-order valence-corrected chi connectivity index (χ0v) is 16.3. The first-order chi connectivity index (χ1) is 7.61. The van der Waals surface area contributed by atoms with Crippen molar-refractivity contribution in [3.05, 3.63) is 37.0 Å². The largest absolute Gasteiger partial charge is 3.00 e. The molecule has 0 atom stereocenters. The molecule has 1 aliphatic carbocycles. The molecule has 2 radical (unpaired) electrons. The van der Waals surface area contributed by atoms with Crippen molar-refractivity contribution in [2.24, 2.45) is 5.14 Å². The van der Waals surface area contributed by atoms with Gasteiger partial charge in [-0.1, -0.05) is 18.9 Å². The van der Waals surface area contributed by atoms with Crippen LogP contribution in [-0.2, 0) is 10.0 Å². The molecule has 0 bridgehead atoms. The van der Waals surface area contributed by atoms with Gasteiger partial charge in [0, 0.05) is 12.4 Å². The number of halogens is 3. The van der Waals surface area contributed by atoms with Gasteiger partial charge in [-0.2, -0.15) is 12.8 Å². The predicted molar refractivity (Wildman–Crippen MR) is 69.7 cm³/mol. The summed E-state index contributed by atoms with van der Waals surface area (Å²) in [5.74, 6) is 0. The molecule has 1 aromatic rings. The quantitative estimate of drug-likeness (QED) is 0.328. The van der Waals surface area contributed by atoms with E-state index in [1.54, 1.807) is 12.4 Å². The van der Waals surface area contributed by atoms with Crippen molar-refractivity contribution in [3.8, 4) is 0 Å². The van der Waals surface area contributed by atoms with Crippen LogP contribution >= 0.6 is 0 Å². The second-order valence-electron chi connectivity index (χ2n) is 3.68. The number of aromatic nitrogens is 1. The molecule has 116 valence electrons. The molecule has 1 aromatic heterocycles. The summed E-state index contributed by atoms with van der Waals surface area (Å²) < 4.78 is 21.5. The molecule has 0 amide bonds. The number of primary sulfonamides is 1. The van der Waals surface area contributed by atoms with Gasteiger partial charge in [0.25, 0.3) is 0 Å². The van der Waals surface area contributed by atoms with Crippen LogP contribution < -0.4 is 42.4 Å². The Morgan fingerprint density at radius 2 is 1.45 bits per heavy atom. The minimum Gasteiger partial charge on any atom is -1.00 e. The van der Waals surface area contributed by atoms with E-state index in [9.17, 15) is 8.42 Å². The van der Waals surface area contributed by atoms with Crippen molar-refractivity contribution in [1.29, 1.82) is 0 Å². The van der Waals surface area contributed by atoms with Gasteiger partial charge in [0.2, 0.25) is 10.0 Å². The Balaban J connectivity index is -0.000000114. The third-order valence-corrected chi connectivity index (χ3v) is 3.82. The summed E-state index contributed by atoms with van der Waals surface area (Å²) >= 11 is 0. The van der Waals surface area contributed by atoms with Gasteiger partial charge in [0.15, 0.2) is 0 Å². The summed E-state index contributed by atoms with van der Waals surface area (Å²) in [5, 5.41) is 4.69. The minimum absolute atomic E-state index is 0. The third-order valence-electron chi connectivity index (χ3n) is 2.42. The van der Waals surface area contributed by atoms with Crippen LogP contribution in [0.5, 0.6) is 0 Å². The van der Waals surface area contributed by atoms with E-state index in [0.29, 0.717) is 12.8 Å². The topological polar surface area (TPSA) is 73.1 Å². The van der Waals surface area contributed by atoms with E-state index in [1.165, 1.54) is 0 Å². The molecule has 20 heavy (non-hydrogen) atoms. The van der Waals surface area contributed by atoms with E-state index in [0.717, 1.165) is 12.8 Å². The van der Waals surface area contributed by atoms with Gasteiger partial charge in [-0.3, -0.25) is 4.98 Å². The van der Waals surface area contributed by atoms with Gasteiger partial charge < -0.3 is 43.6 Å². The Morgan fingerprint density at radius 1 is 1.00 bits per heavy atom. The van der Waals surface area contributed by atoms with Crippen LogP contribution in [0.25, 0.3) is 0 Å². The molecule has 0 unspecified atom stereocenters. The second kappa shape index (κ2) is 16.1. The smallest absolute Gasteiger partial charge is 1.00 e. The van der Waals surface area contributed by atoms with Crippen LogP contribution in [0.15, 0.2) is 30.6 Å². The number of pyridine rings is 1. The van der Waals surface area contributed by atoms with Gasteiger partial charge in [-0.15, -0.1) is 0 Å². The third kappa shape index (κ3) is 13.7. The van der Waals surface area contributed by atoms with Crippen molar-refractivity contribution in [3.63, 3.8) is 0 Å². The molecule has 9 heteroatoms. The van der Waals surface area contributed by atoms with E-state index in [-0.39, 0.29) is 66.9 Å². The van der Waals surface area contributed by atoms with Crippen LogP contribution in [0.1, 0.15) is 25.7 Å². The molecule has 1 heterocycles. The van der Waals surface area contributed by atoms with Gasteiger partial charge >= 0.3 is 24.4 Å². The maximum absolute atomic E-state index is 10.8. The number of rotatable bonds is 1.